The number of rotatable bonds is 15. The van der Waals surface area contributed by atoms with Crippen molar-refractivity contribution in [1.29, 1.82) is 5.41 Å². The van der Waals surface area contributed by atoms with E-state index in [0.717, 1.165) is 27.6 Å². The molecule has 4 heterocycles. The van der Waals surface area contributed by atoms with E-state index in [1.54, 1.807) is 36.7 Å². The Morgan fingerprint density at radius 1 is 1.09 bits per heavy atom. The van der Waals surface area contributed by atoms with Gasteiger partial charge in [0.15, 0.2) is 11.6 Å². The number of benzene rings is 2. The van der Waals surface area contributed by atoms with Crippen LogP contribution in [-0.2, 0) is 50.9 Å². The van der Waals surface area contributed by atoms with Gasteiger partial charge in [-0.1, -0.05) is 39.8 Å². The molecule has 15 heteroatoms. The first-order chi connectivity index (χ1) is 26.8. The molecule has 0 spiro atoms. The van der Waals surface area contributed by atoms with Crippen molar-refractivity contribution in [3.8, 4) is 17.1 Å². The Labute approximate surface area is 324 Å². The number of guanidine groups is 1. The molecule has 0 saturated heterocycles. The second-order valence-electron chi connectivity index (χ2n) is 14.6. The fourth-order valence-electron chi connectivity index (χ4n) is 7.54. The Bertz CT molecular complexity index is 2240. The lowest BCUT2D eigenvalue weighted by Crippen LogP contribution is -2.52. The van der Waals surface area contributed by atoms with Gasteiger partial charge in [-0.3, -0.25) is 19.8 Å². The molecule has 15 nitrogen and oxygen atoms in total. The molecule has 296 valence electrons. The number of carbonyl (C=O) groups is 3. The van der Waals surface area contributed by atoms with Crippen molar-refractivity contribution in [1.82, 2.24) is 25.5 Å². The molecule has 2 aliphatic heterocycles. The van der Waals surface area contributed by atoms with Crippen molar-refractivity contribution in [2.75, 3.05) is 18.9 Å². The van der Waals surface area contributed by atoms with Crippen LogP contribution in [0.15, 0.2) is 53.3 Å². The first-order valence-electron chi connectivity index (χ1n) is 19.0. The molecular weight excluding hydrogens is 716 g/mol. The average Bonchev–Trinajstić information content (AvgIpc) is 3.54. The Morgan fingerprint density at radius 2 is 1.84 bits per heavy atom. The first kappa shape index (κ1) is 39.9. The van der Waals surface area contributed by atoms with Crippen molar-refractivity contribution in [2.24, 2.45) is 11.7 Å². The van der Waals surface area contributed by atoms with Gasteiger partial charge in [0.1, 0.15) is 25.0 Å². The van der Waals surface area contributed by atoms with Crippen molar-refractivity contribution in [3.05, 3.63) is 86.7 Å². The zero-order valence-corrected chi connectivity index (χ0v) is 32.4. The molecule has 0 saturated carbocycles. The summed E-state index contributed by atoms with van der Waals surface area (Å²) in [5, 5.41) is 31.0. The monoisotopic (exact) mass is 766 g/mol. The normalized spacial score (nSPS) is 16.7. The van der Waals surface area contributed by atoms with Gasteiger partial charge >= 0.3 is 5.97 Å². The number of aliphatic hydroxyl groups is 1. The fraction of sp³-hybridized carbons (Fsp3) is 0.415. The number of nitrogens with zero attached hydrogens (tertiary/aromatic N) is 2. The number of nitrogens with two attached hydrogens (primary N) is 1. The molecule has 2 amide bonds. The number of likely N-dealkylation sites (N-methyl/N-ethyl adjacent to an activating group) is 1. The van der Waals surface area contributed by atoms with Crippen LogP contribution in [-0.4, -0.2) is 64.1 Å². The van der Waals surface area contributed by atoms with E-state index in [1.807, 2.05) is 44.2 Å². The molecule has 4 aromatic rings. The van der Waals surface area contributed by atoms with E-state index in [1.165, 1.54) is 0 Å². The molecule has 0 fully saturated rings. The number of nitrogens with one attached hydrogen (secondary N) is 5. The van der Waals surface area contributed by atoms with Gasteiger partial charge in [-0.25, -0.2) is 9.78 Å². The molecule has 0 radical (unpaired) electrons. The maximum absolute atomic E-state index is 13.7. The molecule has 3 atom stereocenters. The van der Waals surface area contributed by atoms with E-state index in [0.29, 0.717) is 55.2 Å². The Kier molecular flexibility index (Phi) is 11.8. The highest BCUT2D eigenvalue weighted by molar-refractivity contribution is 5.98. The van der Waals surface area contributed by atoms with E-state index in [4.69, 9.17) is 25.6 Å². The third kappa shape index (κ3) is 7.82. The van der Waals surface area contributed by atoms with Gasteiger partial charge < -0.3 is 46.1 Å². The molecule has 0 aliphatic carbocycles. The van der Waals surface area contributed by atoms with Gasteiger partial charge in [0.05, 0.1) is 35.1 Å². The zero-order valence-electron chi connectivity index (χ0n) is 32.4. The lowest BCUT2D eigenvalue weighted by molar-refractivity contribution is -0.172. The van der Waals surface area contributed by atoms with E-state index in [-0.39, 0.29) is 60.0 Å². The summed E-state index contributed by atoms with van der Waals surface area (Å²) in [5.74, 6) is -0.884. The predicted molar refractivity (Wildman–Crippen MR) is 212 cm³/mol. The zero-order chi connectivity index (χ0) is 40.3. The standard InChI is InChI=1S/C41H50N8O7/c1-6-26-27-17-25(14-15-31(27)47-35-28(26)19-49-33(35)18-30-29(38(49)52)21-56-39(53)41(30,54)7-2)55-20-23-10-12-24(13-11-23)46-36(50)32(9-8-16-45-40(42)43)48-37(51)34(44-5)22(3)4/h10-15,17-18,22,32,34,44,54H,6-9,16,19-21H2,1-5H3,(H,46,50)(H,48,51)(H4,42,43,45)/t32-,34-,41-/m0/s1. The second kappa shape index (κ2) is 16.5. The highest BCUT2D eigenvalue weighted by atomic mass is 16.6. The quantitative estimate of drug-likeness (QED) is 0.0355. The summed E-state index contributed by atoms with van der Waals surface area (Å²) in [5.41, 5.74) is 9.09. The van der Waals surface area contributed by atoms with Crippen LogP contribution in [0.25, 0.3) is 22.3 Å². The number of fused-ring (bicyclic) bond motifs is 5. The van der Waals surface area contributed by atoms with Crippen molar-refractivity contribution >= 4 is 40.3 Å². The number of cyclic esters (lactones) is 1. The summed E-state index contributed by atoms with van der Waals surface area (Å²) in [7, 11) is 1.71. The highest BCUT2D eigenvalue weighted by Gasteiger charge is 2.45. The van der Waals surface area contributed by atoms with Gasteiger partial charge in [-0.05, 0) is 86.2 Å². The number of anilines is 1. The Morgan fingerprint density at radius 3 is 2.50 bits per heavy atom. The minimum Gasteiger partial charge on any atom is -0.489 e. The third-order valence-corrected chi connectivity index (χ3v) is 10.6. The number of amides is 2. The number of esters is 1. The Hall–Kier alpha value is -5.80. The van der Waals surface area contributed by atoms with Crippen LogP contribution in [0, 0.1) is 11.3 Å². The molecule has 2 aliphatic rings. The molecule has 8 N–H and O–H groups in total. The summed E-state index contributed by atoms with van der Waals surface area (Å²) >= 11 is 0. The summed E-state index contributed by atoms with van der Waals surface area (Å²) in [6.07, 6.45) is 1.60. The molecule has 6 rings (SSSR count). The SMILES string of the molecule is CCc1c2c(nc3ccc(OCc4ccc(NC(=O)[C@H](CCCNC(=N)N)NC(=O)[C@@H](NC)C(C)C)cc4)cc13)-c1cc3c(c(=O)n1C2)COC(=O)[C@]3(O)CC. The van der Waals surface area contributed by atoms with Gasteiger partial charge in [-0.15, -0.1) is 0 Å². The molecule has 0 bridgehead atoms. The Balaban J connectivity index is 1.15. The van der Waals surface area contributed by atoms with Crippen LogP contribution in [0.5, 0.6) is 5.75 Å². The van der Waals surface area contributed by atoms with Crippen LogP contribution < -0.4 is 37.3 Å². The summed E-state index contributed by atoms with van der Waals surface area (Å²) in [6.45, 7) is 8.36. The van der Waals surface area contributed by atoms with Gasteiger partial charge in [0, 0.05) is 28.7 Å². The largest absolute Gasteiger partial charge is 0.489 e. The second-order valence-corrected chi connectivity index (χ2v) is 14.6. The van der Waals surface area contributed by atoms with Crippen molar-refractivity contribution in [2.45, 2.75) is 90.8 Å². The summed E-state index contributed by atoms with van der Waals surface area (Å²) in [4.78, 5) is 57.6. The lowest BCUT2D eigenvalue weighted by atomic mass is 9.86. The van der Waals surface area contributed by atoms with E-state index >= 15 is 0 Å². The molecule has 2 aromatic carbocycles. The number of aryl methyl sites for hydroxylation is 1. The van der Waals surface area contributed by atoms with Crippen LogP contribution >= 0.6 is 0 Å². The minimum atomic E-state index is -1.89. The maximum Gasteiger partial charge on any atom is 0.343 e. The van der Waals surface area contributed by atoms with Crippen LogP contribution in [0.3, 0.4) is 0 Å². The molecule has 56 heavy (non-hydrogen) atoms. The summed E-state index contributed by atoms with van der Waals surface area (Å²) < 4.78 is 13.1. The van der Waals surface area contributed by atoms with Crippen LogP contribution in [0.4, 0.5) is 5.69 Å². The average molecular weight is 767 g/mol. The highest BCUT2D eigenvalue weighted by Crippen LogP contribution is 2.40. The van der Waals surface area contributed by atoms with E-state index in [9.17, 15) is 24.3 Å². The maximum atomic E-state index is 13.7. The molecular formula is C41H50N8O7. The van der Waals surface area contributed by atoms with Crippen LogP contribution in [0.1, 0.15) is 74.8 Å². The smallest absolute Gasteiger partial charge is 0.343 e. The number of hydrogen-bond acceptors (Lipinski definition) is 10. The number of carbonyl (C=O) groups excluding carboxylic acids is 3. The topological polar surface area (TPSA) is 223 Å². The minimum absolute atomic E-state index is 0.0188. The van der Waals surface area contributed by atoms with Gasteiger partial charge in [-0.2, -0.15) is 0 Å². The number of ether oxygens (including phenoxy) is 2. The number of hydrogen-bond donors (Lipinski definition) is 7. The first-order valence-corrected chi connectivity index (χ1v) is 19.0. The summed E-state index contributed by atoms with van der Waals surface area (Å²) in [6, 6.07) is 13.4. The van der Waals surface area contributed by atoms with Gasteiger partial charge in [0.2, 0.25) is 11.8 Å². The van der Waals surface area contributed by atoms with E-state index < -0.39 is 23.7 Å². The predicted octanol–water partition coefficient (Wildman–Crippen LogP) is 3.15. The third-order valence-electron chi connectivity index (χ3n) is 10.6. The number of pyridine rings is 2. The van der Waals surface area contributed by atoms with Crippen molar-refractivity contribution < 1.29 is 29.0 Å². The van der Waals surface area contributed by atoms with Crippen LogP contribution in [0.2, 0.25) is 0 Å². The van der Waals surface area contributed by atoms with Crippen molar-refractivity contribution in [3.63, 3.8) is 0 Å². The molecule has 2 aromatic heterocycles. The molecule has 0 unspecified atom stereocenters. The van der Waals surface area contributed by atoms with E-state index in [2.05, 4.69) is 28.2 Å². The fourth-order valence-corrected chi connectivity index (χ4v) is 7.54. The number of aromatic nitrogens is 2. The lowest BCUT2D eigenvalue weighted by Gasteiger charge is -2.31. The van der Waals surface area contributed by atoms with Gasteiger partial charge in [0.25, 0.3) is 5.56 Å².